The van der Waals surface area contributed by atoms with Crippen LogP contribution >= 0.6 is 0 Å². The molecule has 6 heteroatoms. The fourth-order valence-corrected chi connectivity index (χ4v) is 8.23. The van der Waals surface area contributed by atoms with Crippen molar-refractivity contribution in [1.29, 1.82) is 0 Å². The number of hydrogen-bond acceptors (Lipinski definition) is 4. The summed E-state index contributed by atoms with van der Waals surface area (Å²) in [4.78, 5) is 6.42. The maximum Gasteiger partial charge on any atom is 0.166 e. The molecule has 1 saturated carbocycles. The number of halogens is 1. The van der Waals surface area contributed by atoms with E-state index in [1.165, 1.54) is 34.9 Å². The number of fused-ring (bicyclic) bond motifs is 4. The number of aromatic amines is 1. The number of para-hydroxylation sites is 1. The molecule has 0 unspecified atom stereocenters. The molecule has 2 aliphatic heterocycles. The molecule has 0 radical (unpaired) electrons. The van der Waals surface area contributed by atoms with E-state index in [2.05, 4.69) is 45.5 Å². The largest absolute Gasteiger partial charge is 0.504 e. The van der Waals surface area contributed by atoms with Crippen molar-refractivity contribution in [3.63, 3.8) is 0 Å². The number of H-pyrrole nitrogens is 1. The summed E-state index contributed by atoms with van der Waals surface area (Å²) in [5.74, 6) is 1.67. The van der Waals surface area contributed by atoms with Gasteiger partial charge in [-0.25, -0.2) is 4.39 Å². The van der Waals surface area contributed by atoms with Gasteiger partial charge >= 0.3 is 0 Å². The molecular weight excluding hydrogens is 429 g/mol. The van der Waals surface area contributed by atoms with Gasteiger partial charge in [0, 0.05) is 35.6 Å². The summed E-state index contributed by atoms with van der Waals surface area (Å²) in [7, 11) is 0. The molecule has 2 aromatic carbocycles. The number of ether oxygens (including phenoxy) is 1. The number of nitrogens with zero attached hydrogens (tertiary/aromatic N) is 1. The van der Waals surface area contributed by atoms with Crippen LogP contribution in [0.4, 0.5) is 4.39 Å². The molecule has 3 heterocycles. The van der Waals surface area contributed by atoms with Crippen molar-refractivity contribution in [2.45, 2.75) is 55.2 Å². The molecule has 5 aliphatic rings. The number of aromatic nitrogens is 1. The van der Waals surface area contributed by atoms with Crippen LogP contribution in [0.3, 0.4) is 0 Å². The van der Waals surface area contributed by atoms with Crippen molar-refractivity contribution in [3.8, 4) is 11.5 Å². The first-order valence-electron chi connectivity index (χ1n) is 12.8. The van der Waals surface area contributed by atoms with Crippen molar-refractivity contribution in [2.24, 2.45) is 5.92 Å². The molecule has 34 heavy (non-hydrogen) atoms. The predicted octanol–water partition coefficient (Wildman–Crippen LogP) is 4.14. The minimum atomic E-state index is -0.390. The van der Waals surface area contributed by atoms with Crippen molar-refractivity contribution in [3.05, 3.63) is 58.8 Å². The van der Waals surface area contributed by atoms with E-state index in [0.29, 0.717) is 12.3 Å². The zero-order chi connectivity index (χ0) is 22.7. The Labute approximate surface area is 198 Å². The Morgan fingerprint density at radius 3 is 2.94 bits per heavy atom. The van der Waals surface area contributed by atoms with Gasteiger partial charge < -0.3 is 20.1 Å². The Kier molecular flexibility index (Phi) is 3.80. The normalized spacial score (nSPS) is 33.0. The number of piperidine rings is 1. The molecule has 4 atom stereocenters. The lowest BCUT2D eigenvalue weighted by Gasteiger charge is -2.65. The number of phenols is 1. The summed E-state index contributed by atoms with van der Waals surface area (Å²) in [6.45, 7) is 2.10. The zero-order valence-electron chi connectivity index (χ0n) is 19.2. The lowest BCUT2D eigenvalue weighted by atomic mass is 9.47. The second kappa shape index (κ2) is 6.55. The average Bonchev–Trinajstić information content (AvgIpc) is 3.49. The molecule has 2 bridgehead atoms. The Morgan fingerprint density at radius 1 is 1.21 bits per heavy atom. The van der Waals surface area contributed by atoms with E-state index in [4.69, 9.17) is 4.74 Å². The van der Waals surface area contributed by atoms with Gasteiger partial charge in [0.05, 0.1) is 16.6 Å². The van der Waals surface area contributed by atoms with Gasteiger partial charge in [-0.05, 0) is 67.8 Å². The highest BCUT2D eigenvalue weighted by molar-refractivity contribution is 5.86. The minimum Gasteiger partial charge on any atom is -0.504 e. The van der Waals surface area contributed by atoms with E-state index < -0.39 is 0 Å². The van der Waals surface area contributed by atoms with Gasteiger partial charge in [0.15, 0.2) is 17.6 Å². The first-order valence-corrected chi connectivity index (χ1v) is 12.8. The molecule has 3 N–H and O–H groups in total. The van der Waals surface area contributed by atoms with Crippen LogP contribution in [-0.2, 0) is 18.3 Å². The molecule has 1 spiro atoms. The van der Waals surface area contributed by atoms with Crippen LogP contribution < -0.4 is 10.1 Å². The van der Waals surface area contributed by atoms with E-state index in [-0.39, 0.29) is 35.5 Å². The van der Waals surface area contributed by atoms with Crippen LogP contribution in [0.5, 0.6) is 11.5 Å². The van der Waals surface area contributed by atoms with E-state index in [9.17, 15) is 9.50 Å². The fourth-order valence-electron chi connectivity index (χ4n) is 8.23. The predicted molar refractivity (Wildman–Crippen MR) is 128 cm³/mol. The topological polar surface area (TPSA) is 60.5 Å². The monoisotopic (exact) mass is 459 g/mol. The number of nitrogens with one attached hydrogen (secondary N) is 2. The number of rotatable bonds is 5. The van der Waals surface area contributed by atoms with E-state index in [1.54, 1.807) is 6.07 Å². The molecule has 1 aromatic heterocycles. The average molecular weight is 460 g/mol. The van der Waals surface area contributed by atoms with Crippen LogP contribution in [-0.4, -0.2) is 52.9 Å². The van der Waals surface area contributed by atoms with Gasteiger partial charge in [0.2, 0.25) is 0 Å². The standard InChI is InChI=1S/C28H30FN3O2/c29-10-11-30-28-14-19-18-3-1-2-4-20(18)31-24(19)26-27(28)9-12-32(15-16-5-6-16)22(28)13-17-7-8-21(33)25(34-26)23(17)27/h1-4,7-8,16,22,26,30-31,33H,5-6,9-15H2/t22-,26+,27-,28-/m1/s1. The van der Waals surface area contributed by atoms with Gasteiger partial charge in [-0.2, -0.15) is 0 Å². The number of benzene rings is 2. The molecule has 5 nitrogen and oxygen atoms in total. The summed E-state index contributed by atoms with van der Waals surface area (Å²) in [5.41, 5.74) is 5.34. The molecule has 2 fully saturated rings. The Hall–Kier alpha value is -2.57. The summed E-state index contributed by atoms with van der Waals surface area (Å²) < 4.78 is 20.6. The summed E-state index contributed by atoms with van der Waals surface area (Å²) in [6, 6.07) is 12.7. The third-order valence-electron chi connectivity index (χ3n) is 9.65. The summed E-state index contributed by atoms with van der Waals surface area (Å²) in [6.07, 6.45) is 5.12. The number of aromatic hydroxyl groups is 1. The van der Waals surface area contributed by atoms with Crippen molar-refractivity contribution < 1.29 is 14.2 Å². The lowest BCUT2D eigenvalue weighted by molar-refractivity contribution is -0.0753. The van der Waals surface area contributed by atoms with E-state index in [0.717, 1.165) is 49.5 Å². The van der Waals surface area contributed by atoms with Crippen molar-refractivity contribution in [1.82, 2.24) is 15.2 Å². The van der Waals surface area contributed by atoms with Crippen LogP contribution in [0.1, 0.15) is 47.8 Å². The number of likely N-dealkylation sites (tertiary alicyclic amines) is 1. The molecule has 8 rings (SSSR count). The summed E-state index contributed by atoms with van der Waals surface area (Å²) >= 11 is 0. The highest BCUT2D eigenvalue weighted by atomic mass is 19.1. The molecule has 0 amide bonds. The Balaban J connectivity index is 1.43. The molecule has 3 aromatic rings. The third kappa shape index (κ3) is 2.22. The SMILES string of the molecule is Oc1ccc2c3c1O[C@H]1c4[nH]c5ccccc5c4C[C@@]4(NCCF)[C@@H](C2)N(CC2CC2)CC[C@@]314. The quantitative estimate of drug-likeness (QED) is 0.537. The second-order valence-electron chi connectivity index (χ2n) is 11.2. The minimum absolute atomic E-state index is 0.219. The Bertz CT molecular complexity index is 1330. The maximum atomic E-state index is 13.8. The molecule has 176 valence electrons. The number of phenolic OH excluding ortho intramolecular Hbond substituents is 1. The first kappa shape index (κ1) is 19.7. The highest BCUT2D eigenvalue weighted by Gasteiger charge is 2.72. The van der Waals surface area contributed by atoms with Crippen LogP contribution in [0.2, 0.25) is 0 Å². The molecule has 3 aliphatic carbocycles. The summed E-state index contributed by atoms with van der Waals surface area (Å²) in [5, 5.41) is 16.0. The van der Waals surface area contributed by atoms with Crippen LogP contribution in [0.15, 0.2) is 36.4 Å². The zero-order valence-corrected chi connectivity index (χ0v) is 19.2. The smallest absolute Gasteiger partial charge is 0.166 e. The van der Waals surface area contributed by atoms with E-state index >= 15 is 0 Å². The van der Waals surface area contributed by atoms with Crippen molar-refractivity contribution >= 4 is 10.9 Å². The molecular formula is C28H30FN3O2. The van der Waals surface area contributed by atoms with Gasteiger partial charge in [0.25, 0.3) is 0 Å². The van der Waals surface area contributed by atoms with Gasteiger partial charge in [-0.3, -0.25) is 4.90 Å². The van der Waals surface area contributed by atoms with Gasteiger partial charge in [-0.15, -0.1) is 0 Å². The van der Waals surface area contributed by atoms with Crippen molar-refractivity contribution in [2.75, 3.05) is 26.3 Å². The number of hydrogen-bond donors (Lipinski definition) is 3. The maximum absolute atomic E-state index is 13.8. The third-order valence-corrected chi connectivity index (χ3v) is 9.65. The van der Waals surface area contributed by atoms with Gasteiger partial charge in [-0.1, -0.05) is 24.3 Å². The fraction of sp³-hybridized carbons (Fsp3) is 0.500. The Morgan fingerprint density at radius 2 is 2.09 bits per heavy atom. The number of alkyl halides is 1. The van der Waals surface area contributed by atoms with Crippen LogP contribution in [0, 0.1) is 5.92 Å². The second-order valence-corrected chi connectivity index (χ2v) is 11.2. The first-order chi connectivity index (χ1) is 16.7. The van der Waals surface area contributed by atoms with E-state index in [1.807, 2.05) is 0 Å². The highest BCUT2D eigenvalue weighted by Crippen LogP contribution is 2.69. The van der Waals surface area contributed by atoms with Crippen LogP contribution in [0.25, 0.3) is 10.9 Å². The van der Waals surface area contributed by atoms with Gasteiger partial charge in [0.1, 0.15) is 6.67 Å². The molecule has 1 saturated heterocycles. The lowest BCUT2D eigenvalue weighted by Crippen LogP contribution is -2.79.